The maximum absolute atomic E-state index is 12.6. The zero-order valence-electron chi connectivity index (χ0n) is 15.2. The average molecular weight is 450 g/mol. The van der Waals surface area contributed by atoms with Crippen LogP contribution in [0, 0.1) is 5.92 Å². The summed E-state index contributed by atoms with van der Waals surface area (Å²) in [5.74, 6) is 0.0230. The second-order valence-corrected chi connectivity index (χ2v) is 8.75. The molecule has 6 nitrogen and oxygen atoms in total. The molecule has 3 aromatic rings. The van der Waals surface area contributed by atoms with Gasteiger partial charge in [0.15, 0.2) is 5.13 Å². The summed E-state index contributed by atoms with van der Waals surface area (Å²) >= 11 is 13.6. The first kappa shape index (κ1) is 19.9. The highest BCUT2D eigenvalue weighted by molar-refractivity contribution is 7.15. The van der Waals surface area contributed by atoms with Crippen LogP contribution in [-0.4, -0.2) is 28.2 Å². The Kier molecular flexibility index (Phi) is 5.89. The monoisotopic (exact) mass is 449 g/mol. The number of thiazole rings is 1. The molecule has 1 aromatic carbocycles. The summed E-state index contributed by atoms with van der Waals surface area (Å²) in [7, 11) is 0. The van der Waals surface area contributed by atoms with Crippen molar-refractivity contribution in [3.8, 4) is 0 Å². The normalized spacial score (nSPS) is 16.4. The van der Waals surface area contributed by atoms with E-state index in [-0.39, 0.29) is 18.2 Å². The number of nitrogens with one attached hydrogen (secondary N) is 1. The van der Waals surface area contributed by atoms with Crippen LogP contribution in [0.15, 0.2) is 47.2 Å². The Labute approximate surface area is 181 Å². The van der Waals surface area contributed by atoms with Crippen LogP contribution in [0.25, 0.3) is 0 Å². The lowest BCUT2D eigenvalue weighted by Crippen LogP contribution is -2.27. The summed E-state index contributed by atoms with van der Waals surface area (Å²) in [4.78, 5) is 31.7. The summed E-state index contributed by atoms with van der Waals surface area (Å²) in [5.41, 5.74) is 0.899. The number of benzene rings is 1. The Bertz CT molecular complexity index is 1040. The molecule has 0 spiro atoms. The largest absolute Gasteiger partial charge is 0.467 e. The number of rotatable bonds is 6. The minimum absolute atomic E-state index is 0.0584. The summed E-state index contributed by atoms with van der Waals surface area (Å²) in [6, 6.07) is 8.90. The van der Waals surface area contributed by atoms with Gasteiger partial charge in [-0.2, -0.15) is 0 Å². The molecule has 29 heavy (non-hydrogen) atoms. The van der Waals surface area contributed by atoms with Gasteiger partial charge >= 0.3 is 0 Å². The van der Waals surface area contributed by atoms with Crippen LogP contribution in [0.1, 0.15) is 22.6 Å². The van der Waals surface area contributed by atoms with E-state index in [1.807, 2.05) is 12.1 Å². The van der Waals surface area contributed by atoms with Gasteiger partial charge in [0.1, 0.15) is 5.76 Å². The quantitative estimate of drug-likeness (QED) is 0.595. The number of hydrogen-bond acceptors (Lipinski definition) is 5. The van der Waals surface area contributed by atoms with Crippen LogP contribution in [-0.2, 0) is 22.6 Å². The predicted octanol–water partition coefficient (Wildman–Crippen LogP) is 4.62. The molecule has 1 N–H and O–H groups in total. The Morgan fingerprint density at radius 1 is 1.34 bits per heavy atom. The van der Waals surface area contributed by atoms with E-state index in [9.17, 15) is 9.59 Å². The number of halogens is 2. The number of nitrogens with zero attached hydrogens (tertiary/aromatic N) is 2. The number of hydrogen-bond donors (Lipinski definition) is 1. The first-order chi connectivity index (χ1) is 14.0. The second kappa shape index (κ2) is 8.57. The Morgan fingerprint density at radius 3 is 3.00 bits per heavy atom. The van der Waals surface area contributed by atoms with Crippen molar-refractivity contribution in [2.75, 3.05) is 11.9 Å². The lowest BCUT2D eigenvalue weighted by Gasteiger charge is -2.14. The van der Waals surface area contributed by atoms with Crippen LogP contribution < -0.4 is 5.32 Å². The third kappa shape index (κ3) is 4.80. The van der Waals surface area contributed by atoms with Crippen LogP contribution in [0.5, 0.6) is 0 Å². The molecule has 2 amide bonds. The van der Waals surface area contributed by atoms with Gasteiger partial charge in [-0.15, -0.1) is 11.3 Å². The van der Waals surface area contributed by atoms with E-state index in [1.165, 1.54) is 11.3 Å². The molecule has 0 saturated carbocycles. The second-order valence-electron chi connectivity index (χ2n) is 6.79. The van der Waals surface area contributed by atoms with Crippen molar-refractivity contribution in [3.05, 3.63) is 69.0 Å². The Morgan fingerprint density at radius 2 is 2.21 bits per heavy atom. The van der Waals surface area contributed by atoms with Gasteiger partial charge in [0, 0.05) is 40.5 Å². The van der Waals surface area contributed by atoms with Crippen LogP contribution >= 0.6 is 34.5 Å². The predicted molar refractivity (Wildman–Crippen MR) is 112 cm³/mol. The zero-order valence-corrected chi connectivity index (χ0v) is 17.6. The van der Waals surface area contributed by atoms with Gasteiger partial charge in [-0.3, -0.25) is 9.59 Å². The number of anilines is 1. The van der Waals surface area contributed by atoms with Crippen molar-refractivity contribution in [2.45, 2.75) is 19.4 Å². The van der Waals surface area contributed by atoms with Gasteiger partial charge in [-0.25, -0.2) is 4.98 Å². The maximum atomic E-state index is 12.6. The molecule has 1 unspecified atom stereocenters. The van der Waals surface area contributed by atoms with Crippen LogP contribution in [0.3, 0.4) is 0 Å². The topological polar surface area (TPSA) is 75.4 Å². The molecule has 1 atom stereocenters. The molecular weight excluding hydrogens is 433 g/mol. The third-order valence-corrected chi connectivity index (χ3v) is 6.18. The molecule has 0 aliphatic carbocycles. The summed E-state index contributed by atoms with van der Waals surface area (Å²) in [6.07, 6.45) is 4.03. The molecular formula is C20H17Cl2N3O3S. The molecule has 3 heterocycles. The van der Waals surface area contributed by atoms with Gasteiger partial charge in [0.05, 0.1) is 18.7 Å². The summed E-state index contributed by atoms with van der Waals surface area (Å²) < 4.78 is 5.28. The van der Waals surface area contributed by atoms with Gasteiger partial charge in [-0.05, 0) is 35.9 Å². The molecule has 150 valence electrons. The van der Waals surface area contributed by atoms with Crippen molar-refractivity contribution in [2.24, 2.45) is 5.92 Å². The standard InChI is InChI=1S/C20H17Cl2N3O3S/c21-14-3-4-17(22)12(6-14)7-16-9-23-20(29-16)24-19(27)13-8-18(26)25(10-13)11-15-2-1-5-28-15/h1-6,9,13H,7-8,10-11H2,(H,23,24,27). The van der Waals surface area contributed by atoms with E-state index in [4.69, 9.17) is 27.6 Å². The fourth-order valence-electron chi connectivity index (χ4n) is 3.21. The fraction of sp³-hybridized carbons (Fsp3) is 0.250. The minimum atomic E-state index is -0.410. The molecule has 1 saturated heterocycles. The molecule has 1 fully saturated rings. The third-order valence-electron chi connectivity index (χ3n) is 4.67. The highest BCUT2D eigenvalue weighted by atomic mass is 35.5. The SMILES string of the molecule is O=C(Nc1ncc(Cc2cc(Cl)ccc2Cl)s1)C1CC(=O)N(Cc2ccco2)C1. The molecule has 9 heteroatoms. The van der Waals surface area contributed by atoms with Gasteiger partial charge in [0.2, 0.25) is 11.8 Å². The van der Waals surface area contributed by atoms with E-state index in [0.29, 0.717) is 40.4 Å². The first-order valence-electron chi connectivity index (χ1n) is 8.97. The van der Waals surface area contributed by atoms with Crippen molar-refractivity contribution in [1.82, 2.24) is 9.88 Å². The molecule has 1 aliphatic heterocycles. The number of aromatic nitrogens is 1. The highest BCUT2D eigenvalue weighted by Gasteiger charge is 2.35. The average Bonchev–Trinajstić information content (AvgIpc) is 3.42. The number of likely N-dealkylation sites (tertiary alicyclic amines) is 1. The Hall–Kier alpha value is -2.35. The van der Waals surface area contributed by atoms with E-state index in [1.54, 1.807) is 35.6 Å². The fourth-order valence-corrected chi connectivity index (χ4v) is 4.43. The van der Waals surface area contributed by atoms with E-state index in [2.05, 4.69) is 10.3 Å². The smallest absolute Gasteiger partial charge is 0.231 e. The maximum Gasteiger partial charge on any atom is 0.231 e. The lowest BCUT2D eigenvalue weighted by molar-refractivity contribution is -0.128. The highest BCUT2D eigenvalue weighted by Crippen LogP contribution is 2.28. The zero-order chi connectivity index (χ0) is 20.4. The number of carbonyl (C=O) groups excluding carboxylic acids is 2. The number of furan rings is 1. The first-order valence-corrected chi connectivity index (χ1v) is 10.5. The van der Waals surface area contributed by atoms with Gasteiger partial charge < -0.3 is 14.6 Å². The van der Waals surface area contributed by atoms with Gasteiger partial charge in [0.25, 0.3) is 0 Å². The van der Waals surface area contributed by atoms with Gasteiger partial charge in [-0.1, -0.05) is 23.2 Å². The lowest BCUT2D eigenvalue weighted by atomic mass is 10.1. The molecule has 4 rings (SSSR count). The number of amides is 2. The van der Waals surface area contributed by atoms with E-state index in [0.717, 1.165) is 10.4 Å². The molecule has 0 bridgehead atoms. The summed E-state index contributed by atoms with van der Waals surface area (Å²) in [6.45, 7) is 0.735. The van der Waals surface area contributed by atoms with Crippen molar-refractivity contribution in [1.29, 1.82) is 0 Å². The molecule has 0 radical (unpaired) electrons. The summed E-state index contributed by atoms with van der Waals surface area (Å²) in [5, 5.41) is 4.57. The van der Waals surface area contributed by atoms with Crippen molar-refractivity contribution < 1.29 is 14.0 Å². The van der Waals surface area contributed by atoms with E-state index < -0.39 is 5.92 Å². The van der Waals surface area contributed by atoms with Crippen LogP contribution in [0.4, 0.5) is 5.13 Å². The van der Waals surface area contributed by atoms with Crippen molar-refractivity contribution in [3.63, 3.8) is 0 Å². The Balaban J connectivity index is 1.35. The van der Waals surface area contributed by atoms with E-state index >= 15 is 0 Å². The minimum Gasteiger partial charge on any atom is -0.467 e. The molecule has 1 aliphatic rings. The number of carbonyl (C=O) groups is 2. The molecule has 2 aromatic heterocycles. The van der Waals surface area contributed by atoms with Crippen molar-refractivity contribution >= 4 is 51.5 Å². The van der Waals surface area contributed by atoms with Crippen LogP contribution in [0.2, 0.25) is 10.0 Å².